The van der Waals surface area contributed by atoms with Crippen LogP contribution in [-0.4, -0.2) is 17.2 Å². The first kappa shape index (κ1) is 12.9. The first-order valence-corrected chi connectivity index (χ1v) is 7.46. The standard InChI is InChI=1S/C16H17N3S/c1-11(17)14-10-12(3-4-15(14)18-2)9-13-5-6-19-7-8-20-16(13)19/h3-8,10,17-18H,9H2,1-2H3. The number of hydrogen-bond acceptors (Lipinski definition) is 3. The molecule has 0 aliphatic carbocycles. The van der Waals surface area contributed by atoms with E-state index in [1.54, 1.807) is 11.3 Å². The lowest BCUT2D eigenvalue weighted by atomic mass is 10.0. The third kappa shape index (κ3) is 2.23. The van der Waals surface area contributed by atoms with Crippen molar-refractivity contribution < 1.29 is 0 Å². The van der Waals surface area contributed by atoms with Gasteiger partial charge in [-0.15, -0.1) is 11.3 Å². The third-order valence-electron chi connectivity index (χ3n) is 3.50. The van der Waals surface area contributed by atoms with E-state index < -0.39 is 0 Å². The second kappa shape index (κ2) is 5.13. The second-order valence-corrected chi connectivity index (χ2v) is 5.78. The van der Waals surface area contributed by atoms with E-state index in [9.17, 15) is 0 Å². The lowest BCUT2D eigenvalue weighted by Gasteiger charge is -2.10. The Labute approximate surface area is 122 Å². The quantitative estimate of drug-likeness (QED) is 0.698. The van der Waals surface area contributed by atoms with Gasteiger partial charge in [-0.3, -0.25) is 0 Å². The molecule has 1 aromatic carbocycles. The number of benzene rings is 1. The SMILES string of the molecule is CNc1ccc(Cc2ccn3ccsc23)cc1C(C)=N. The Morgan fingerprint density at radius 1 is 1.30 bits per heavy atom. The summed E-state index contributed by atoms with van der Waals surface area (Å²) >= 11 is 1.77. The molecule has 20 heavy (non-hydrogen) atoms. The van der Waals surface area contributed by atoms with Gasteiger partial charge in [0.2, 0.25) is 0 Å². The lowest BCUT2D eigenvalue weighted by molar-refractivity contribution is 1.20. The number of thiazole rings is 1. The Morgan fingerprint density at radius 3 is 2.90 bits per heavy atom. The molecule has 0 fully saturated rings. The Morgan fingerprint density at radius 2 is 2.15 bits per heavy atom. The van der Waals surface area contributed by atoms with E-state index in [2.05, 4.69) is 51.8 Å². The van der Waals surface area contributed by atoms with E-state index >= 15 is 0 Å². The van der Waals surface area contributed by atoms with Crippen molar-refractivity contribution in [3.8, 4) is 0 Å². The molecule has 0 spiro atoms. The maximum Gasteiger partial charge on any atom is 0.103 e. The Hall–Kier alpha value is -2.07. The van der Waals surface area contributed by atoms with Gasteiger partial charge in [0.05, 0.1) is 0 Å². The fourth-order valence-corrected chi connectivity index (χ4v) is 3.33. The van der Waals surface area contributed by atoms with Crippen LogP contribution >= 0.6 is 11.3 Å². The lowest BCUT2D eigenvalue weighted by Crippen LogP contribution is -2.01. The monoisotopic (exact) mass is 283 g/mol. The normalized spacial score (nSPS) is 10.9. The molecule has 0 amide bonds. The van der Waals surface area contributed by atoms with Crippen molar-refractivity contribution in [3.05, 3.63) is 58.7 Å². The van der Waals surface area contributed by atoms with Gasteiger partial charge in [0, 0.05) is 48.2 Å². The molecule has 102 valence electrons. The summed E-state index contributed by atoms with van der Waals surface area (Å²) in [7, 11) is 1.89. The molecule has 4 heteroatoms. The molecule has 0 saturated heterocycles. The molecule has 3 aromatic rings. The predicted molar refractivity (Wildman–Crippen MR) is 86.6 cm³/mol. The van der Waals surface area contributed by atoms with Gasteiger partial charge in [-0.25, -0.2) is 0 Å². The maximum atomic E-state index is 7.89. The third-order valence-corrected chi connectivity index (χ3v) is 4.45. The summed E-state index contributed by atoms with van der Waals surface area (Å²) in [5, 5.41) is 13.1. The van der Waals surface area contributed by atoms with Crippen LogP contribution in [0.25, 0.3) is 4.83 Å². The number of anilines is 1. The van der Waals surface area contributed by atoms with Gasteiger partial charge < -0.3 is 15.1 Å². The van der Waals surface area contributed by atoms with Gasteiger partial charge in [-0.2, -0.15) is 0 Å². The van der Waals surface area contributed by atoms with E-state index in [0.29, 0.717) is 5.71 Å². The highest BCUT2D eigenvalue weighted by Crippen LogP contribution is 2.24. The van der Waals surface area contributed by atoms with Crippen LogP contribution in [0.5, 0.6) is 0 Å². The summed E-state index contributed by atoms with van der Waals surface area (Å²) in [5.41, 5.74) is 5.17. The molecular weight excluding hydrogens is 266 g/mol. The summed E-state index contributed by atoms with van der Waals surface area (Å²) < 4.78 is 2.16. The zero-order chi connectivity index (χ0) is 14.1. The number of rotatable bonds is 4. The number of nitrogens with one attached hydrogen (secondary N) is 2. The van der Waals surface area contributed by atoms with Crippen molar-refractivity contribution in [2.75, 3.05) is 12.4 Å². The first-order chi connectivity index (χ1) is 9.69. The minimum Gasteiger partial charge on any atom is -0.388 e. The average molecular weight is 283 g/mol. The zero-order valence-corrected chi connectivity index (χ0v) is 12.4. The maximum absolute atomic E-state index is 7.89. The minimum atomic E-state index is 0.592. The van der Waals surface area contributed by atoms with Gasteiger partial charge in [0.25, 0.3) is 0 Å². The molecule has 0 aliphatic rings. The molecule has 0 unspecified atom stereocenters. The van der Waals surface area contributed by atoms with Gasteiger partial charge in [0.15, 0.2) is 0 Å². The van der Waals surface area contributed by atoms with Crippen LogP contribution in [-0.2, 0) is 6.42 Å². The van der Waals surface area contributed by atoms with Crippen LogP contribution < -0.4 is 5.32 Å². The van der Waals surface area contributed by atoms with Gasteiger partial charge in [-0.1, -0.05) is 6.07 Å². The van der Waals surface area contributed by atoms with E-state index in [4.69, 9.17) is 5.41 Å². The second-order valence-electron chi connectivity index (χ2n) is 4.89. The predicted octanol–water partition coefficient (Wildman–Crippen LogP) is 4.02. The van der Waals surface area contributed by atoms with Crippen molar-refractivity contribution in [2.45, 2.75) is 13.3 Å². The topological polar surface area (TPSA) is 40.3 Å². The van der Waals surface area contributed by atoms with Crippen LogP contribution in [0.1, 0.15) is 23.6 Å². The van der Waals surface area contributed by atoms with Crippen molar-refractivity contribution in [2.24, 2.45) is 0 Å². The first-order valence-electron chi connectivity index (χ1n) is 6.58. The van der Waals surface area contributed by atoms with Crippen LogP contribution in [0.15, 0.2) is 42.0 Å². The molecular formula is C16H17N3S. The minimum absolute atomic E-state index is 0.592. The van der Waals surface area contributed by atoms with E-state index in [1.807, 2.05) is 14.0 Å². The van der Waals surface area contributed by atoms with E-state index in [1.165, 1.54) is 16.0 Å². The van der Waals surface area contributed by atoms with Crippen molar-refractivity contribution in [3.63, 3.8) is 0 Å². The van der Waals surface area contributed by atoms with Crippen LogP contribution in [0, 0.1) is 5.41 Å². The van der Waals surface area contributed by atoms with Crippen molar-refractivity contribution >= 4 is 27.6 Å². The van der Waals surface area contributed by atoms with E-state index in [0.717, 1.165) is 17.7 Å². The molecule has 0 atom stereocenters. The van der Waals surface area contributed by atoms with Gasteiger partial charge in [-0.05, 0) is 36.2 Å². The Bertz CT molecular complexity index is 767. The van der Waals surface area contributed by atoms with Crippen LogP contribution in [0.4, 0.5) is 5.69 Å². The number of fused-ring (bicyclic) bond motifs is 1. The van der Waals surface area contributed by atoms with Crippen LogP contribution in [0.3, 0.4) is 0 Å². The van der Waals surface area contributed by atoms with E-state index in [-0.39, 0.29) is 0 Å². The highest BCUT2D eigenvalue weighted by molar-refractivity contribution is 7.15. The molecule has 0 saturated carbocycles. The number of hydrogen-bond donors (Lipinski definition) is 2. The molecule has 0 bridgehead atoms. The smallest absolute Gasteiger partial charge is 0.103 e. The summed E-state index contributed by atoms with van der Waals surface area (Å²) in [5.74, 6) is 0. The average Bonchev–Trinajstić information content (AvgIpc) is 3.03. The van der Waals surface area contributed by atoms with Gasteiger partial charge in [0.1, 0.15) is 4.83 Å². The fourth-order valence-electron chi connectivity index (χ4n) is 2.47. The number of nitrogens with zero attached hydrogens (tertiary/aromatic N) is 1. The van der Waals surface area contributed by atoms with Crippen molar-refractivity contribution in [1.82, 2.24) is 4.40 Å². The molecule has 2 heterocycles. The van der Waals surface area contributed by atoms with Gasteiger partial charge >= 0.3 is 0 Å². The van der Waals surface area contributed by atoms with Crippen LogP contribution in [0.2, 0.25) is 0 Å². The molecule has 3 rings (SSSR count). The zero-order valence-electron chi connectivity index (χ0n) is 11.6. The summed E-state index contributed by atoms with van der Waals surface area (Å²) in [4.78, 5) is 1.30. The largest absolute Gasteiger partial charge is 0.388 e. The molecule has 3 nitrogen and oxygen atoms in total. The molecule has 2 N–H and O–H groups in total. The molecule has 0 radical (unpaired) electrons. The summed E-state index contributed by atoms with van der Waals surface area (Å²) in [6.45, 7) is 1.83. The molecule has 0 aliphatic heterocycles. The highest BCUT2D eigenvalue weighted by Gasteiger charge is 2.08. The highest BCUT2D eigenvalue weighted by atomic mass is 32.1. The van der Waals surface area contributed by atoms with Crippen molar-refractivity contribution in [1.29, 1.82) is 5.41 Å². The fraction of sp³-hybridized carbons (Fsp3) is 0.188. The Kier molecular flexibility index (Phi) is 3.32. The Balaban J connectivity index is 1.97. The summed E-state index contributed by atoms with van der Waals surface area (Å²) in [6.07, 6.45) is 5.09. The summed E-state index contributed by atoms with van der Waals surface area (Å²) in [6, 6.07) is 8.49. The number of aromatic nitrogens is 1. The molecule has 2 aromatic heterocycles.